The van der Waals surface area contributed by atoms with Crippen LogP contribution in [0, 0.1) is 0 Å². The molecule has 0 spiro atoms. The highest BCUT2D eigenvalue weighted by atomic mass is 35.5. The van der Waals surface area contributed by atoms with Crippen molar-refractivity contribution in [3.63, 3.8) is 0 Å². The van der Waals surface area contributed by atoms with E-state index in [9.17, 15) is 14.7 Å². The Morgan fingerprint density at radius 3 is 2.42 bits per heavy atom. The molecule has 0 aliphatic heterocycles. The van der Waals surface area contributed by atoms with E-state index < -0.39 is 5.91 Å². The quantitative estimate of drug-likeness (QED) is 0.388. The van der Waals surface area contributed by atoms with Gasteiger partial charge in [0.1, 0.15) is 0 Å². The van der Waals surface area contributed by atoms with Crippen LogP contribution in [-0.4, -0.2) is 20.6 Å². The van der Waals surface area contributed by atoms with E-state index in [1.807, 2.05) is 18.2 Å². The monoisotopic (exact) mass is 479 g/mol. The lowest BCUT2D eigenvalue weighted by Crippen LogP contribution is -2.35. The third kappa shape index (κ3) is 3.86. The molecule has 8 heteroatoms. The summed E-state index contributed by atoms with van der Waals surface area (Å²) in [5, 5.41) is 12.8. The van der Waals surface area contributed by atoms with Crippen LogP contribution in [0.3, 0.4) is 0 Å². The molecule has 166 valence electrons. The summed E-state index contributed by atoms with van der Waals surface area (Å²) >= 11 is 11.9. The minimum Gasteiger partial charge on any atom is -0.505 e. The molecule has 2 atom stereocenters. The molecule has 0 unspecified atom stereocenters. The summed E-state index contributed by atoms with van der Waals surface area (Å²) in [6.45, 7) is 0. The van der Waals surface area contributed by atoms with Gasteiger partial charge in [0.05, 0.1) is 33.0 Å². The van der Waals surface area contributed by atoms with Crippen LogP contribution in [0.4, 0.5) is 5.69 Å². The predicted octanol–water partition coefficient (Wildman–Crippen LogP) is 5.78. The number of carbonyl (C=O) groups excluding carboxylic acids is 1. The number of aromatic hydroxyl groups is 1. The van der Waals surface area contributed by atoms with Crippen LogP contribution in [0.25, 0.3) is 10.9 Å². The Balaban J connectivity index is 1.52. The first-order valence-corrected chi connectivity index (χ1v) is 11.2. The highest BCUT2D eigenvalue weighted by Crippen LogP contribution is 2.45. The van der Waals surface area contributed by atoms with E-state index in [0.717, 1.165) is 12.8 Å². The van der Waals surface area contributed by atoms with Gasteiger partial charge in [-0.25, -0.2) is 4.98 Å². The van der Waals surface area contributed by atoms with Gasteiger partial charge in [-0.15, -0.1) is 0 Å². The number of rotatable bonds is 4. The number of amides is 1. The lowest BCUT2D eigenvalue weighted by molar-refractivity contribution is 0.102. The van der Waals surface area contributed by atoms with E-state index in [0.29, 0.717) is 16.6 Å². The lowest BCUT2D eigenvalue weighted by Gasteiger charge is -2.38. The zero-order chi connectivity index (χ0) is 23.1. The Morgan fingerprint density at radius 2 is 1.76 bits per heavy atom. The topological polar surface area (TPSA) is 84.2 Å². The largest absolute Gasteiger partial charge is 0.505 e. The van der Waals surface area contributed by atoms with Gasteiger partial charge in [-0.05, 0) is 42.7 Å². The van der Waals surface area contributed by atoms with Crippen molar-refractivity contribution >= 4 is 45.7 Å². The molecule has 1 heterocycles. The van der Waals surface area contributed by atoms with E-state index in [-0.39, 0.29) is 38.9 Å². The molecular weight excluding hydrogens is 461 g/mol. The number of nitrogens with zero attached hydrogens (tertiary/aromatic N) is 2. The van der Waals surface area contributed by atoms with Crippen molar-refractivity contribution in [2.45, 2.75) is 24.8 Å². The molecule has 5 rings (SSSR count). The second kappa shape index (κ2) is 8.54. The highest BCUT2D eigenvalue weighted by Gasteiger charge is 2.34. The smallest absolute Gasteiger partial charge is 0.263 e. The molecule has 1 aliphatic carbocycles. The van der Waals surface area contributed by atoms with Crippen molar-refractivity contribution in [3.05, 3.63) is 98.5 Å². The van der Waals surface area contributed by atoms with Crippen LogP contribution in [-0.2, 0) is 0 Å². The fourth-order valence-electron chi connectivity index (χ4n) is 4.31. The fraction of sp³-hybridized carbons (Fsp3) is 0.160. The minimum atomic E-state index is -0.507. The van der Waals surface area contributed by atoms with Gasteiger partial charge >= 0.3 is 0 Å². The minimum absolute atomic E-state index is 0.00951. The van der Waals surface area contributed by atoms with Gasteiger partial charge in [0.15, 0.2) is 5.75 Å². The first-order chi connectivity index (χ1) is 15.9. The van der Waals surface area contributed by atoms with Gasteiger partial charge in [0.2, 0.25) is 0 Å². The summed E-state index contributed by atoms with van der Waals surface area (Å²) in [7, 11) is 0. The number of hydrogen-bond acceptors (Lipinski definition) is 4. The molecule has 0 saturated heterocycles. The number of nitrogens with one attached hydrogen (secondary N) is 1. The summed E-state index contributed by atoms with van der Waals surface area (Å²) in [4.78, 5) is 30.9. The number of anilines is 1. The number of aromatic nitrogens is 2. The third-order valence-electron chi connectivity index (χ3n) is 6.16. The Kier molecular flexibility index (Phi) is 5.56. The van der Waals surface area contributed by atoms with Crippen LogP contribution >= 0.6 is 23.2 Å². The molecule has 1 fully saturated rings. The number of carbonyl (C=O) groups is 1. The molecule has 6 nitrogen and oxygen atoms in total. The highest BCUT2D eigenvalue weighted by molar-refractivity contribution is 6.37. The SMILES string of the molecule is O=C(Nc1cccc2ncn([C@H]3CC[C@@H]3c3ccccc3)c(=O)c12)c1cc(Cl)c(O)c(Cl)c1. The van der Waals surface area contributed by atoms with E-state index in [4.69, 9.17) is 23.2 Å². The zero-order valence-corrected chi connectivity index (χ0v) is 18.8. The molecule has 0 radical (unpaired) electrons. The van der Waals surface area contributed by atoms with Crippen molar-refractivity contribution in [1.82, 2.24) is 9.55 Å². The predicted molar refractivity (Wildman–Crippen MR) is 130 cm³/mol. The van der Waals surface area contributed by atoms with Crippen molar-refractivity contribution < 1.29 is 9.90 Å². The molecule has 4 aromatic rings. The summed E-state index contributed by atoms with van der Waals surface area (Å²) in [5.74, 6) is -0.557. The number of benzene rings is 3. The summed E-state index contributed by atoms with van der Waals surface area (Å²) in [6.07, 6.45) is 3.47. The van der Waals surface area contributed by atoms with E-state index >= 15 is 0 Å². The Labute approximate surface area is 199 Å². The molecule has 0 bridgehead atoms. The van der Waals surface area contributed by atoms with Crippen molar-refractivity contribution in [3.8, 4) is 5.75 Å². The Hall–Kier alpha value is -3.35. The van der Waals surface area contributed by atoms with Gasteiger partial charge in [0.25, 0.3) is 11.5 Å². The number of phenolic OH excluding ortho intramolecular Hbond substituents is 1. The van der Waals surface area contributed by atoms with Crippen molar-refractivity contribution in [2.24, 2.45) is 0 Å². The lowest BCUT2D eigenvalue weighted by atomic mass is 9.75. The molecular formula is C25H19Cl2N3O3. The fourth-order valence-corrected chi connectivity index (χ4v) is 4.80. The standard InChI is InChI=1S/C25H19Cl2N3O3/c26-17-11-15(12-18(27)23(17)31)24(32)29-20-8-4-7-19-22(20)25(33)30(13-28-19)21-10-9-16(21)14-5-2-1-3-6-14/h1-8,11-13,16,21,31H,9-10H2,(H,29,32)/t16-,21+/m1/s1. The van der Waals surface area contributed by atoms with Crippen molar-refractivity contribution in [1.29, 1.82) is 0 Å². The third-order valence-corrected chi connectivity index (χ3v) is 6.74. The first kappa shape index (κ1) is 21.5. The molecule has 33 heavy (non-hydrogen) atoms. The van der Waals surface area contributed by atoms with E-state index in [1.165, 1.54) is 17.7 Å². The van der Waals surface area contributed by atoms with Gasteiger partial charge in [-0.1, -0.05) is 59.6 Å². The molecule has 2 N–H and O–H groups in total. The molecule has 1 amide bonds. The average Bonchev–Trinajstić information content (AvgIpc) is 2.79. The second-order valence-corrected chi connectivity index (χ2v) is 8.88. The first-order valence-electron chi connectivity index (χ1n) is 10.5. The molecule has 1 saturated carbocycles. The molecule has 1 aliphatic rings. The second-order valence-electron chi connectivity index (χ2n) is 8.06. The van der Waals surface area contributed by atoms with Gasteiger partial charge < -0.3 is 10.4 Å². The summed E-state index contributed by atoms with van der Waals surface area (Å²) in [6, 6.07) is 17.9. The molecule has 1 aromatic heterocycles. The van der Waals surface area contributed by atoms with Gasteiger partial charge in [-0.2, -0.15) is 0 Å². The van der Waals surface area contributed by atoms with Gasteiger partial charge in [-0.3, -0.25) is 14.2 Å². The van der Waals surface area contributed by atoms with Gasteiger partial charge in [0, 0.05) is 17.5 Å². The maximum absolute atomic E-state index is 13.5. The van der Waals surface area contributed by atoms with Crippen LogP contribution in [0.1, 0.15) is 40.7 Å². The van der Waals surface area contributed by atoms with Crippen molar-refractivity contribution in [2.75, 3.05) is 5.32 Å². The maximum Gasteiger partial charge on any atom is 0.263 e. The zero-order valence-electron chi connectivity index (χ0n) is 17.3. The number of hydrogen-bond donors (Lipinski definition) is 2. The van der Waals surface area contributed by atoms with Crippen LogP contribution < -0.4 is 10.9 Å². The number of halogens is 2. The normalized spacial score (nSPS) is 17.5. The van der Waals surface area contributed by atoms with Crippen LogP contribution in [0.5, 0.6) is 5.75 Å². The number of fused-ring (bicyclic) bond motifs is 1. The number of phenols is 1. The Bertz CT molecular complexity index is 1410. The molecule has 3 aromatic carbocycles. The Morgan fingerprint density at radius 1 is 1.03 bits per heavy atom. The summed E-state index contributed by atoms with van der Waals surface area (Å²) in [5.41, 5.74) is 1.99. The van der Waals surface area contributed by atoms with Crippen LogP contribution in [0.15, 0.2) is 71.8 Å². The van der Waals surface area contributed by atoms with E-state index in [1.54, 1.807) is 29.1 Å². The maximum atomic E-state index is 13.5. The average molecular weight is 480 g/mol. The van der Waals surface area contributed by atoms with Crippen LogP contribution in [0.2, 0.25) is 10.0 Å². The summed E-state index contributed by atoms with van der Waals surface area (Å²) < 4.78 is 1.67. The van der Waals surface area contributed by atoms with E-state index in [2.05, 4.69) is 22.4 Å².